The van der Waals surface area contributed by atoms with Crippen molar-refractivity contribution in [1.29, 1.82) is 0 Å². The fourth-order valence-corrected chi connectivity index (χ4v) is 2.44. The van der Waals surface area contributed by atoms with Gasteiger partial charge in [0.1, 0.15) is 12.4 Å². The number of nitrogens with one attached hydrogen (secondary N) is 2. The summed E-state index contributed by atoms with van der Waals surface area (Å²) in [6, 6.07) is 13.8. The predicted octanol–water partition coefficient (Wildman–Crippen LogP) is 3.37. The molecule has 2 aromatic carbocycles. The number of halogens is 1. The molecule has 0 fully saturated rings. The van der Waals surface area contributed by atoms with Crippen molar-refractivity contribution in [2.45, 2.75) is 13.5 Å². The van der Waals surface area contributed by atoms with E-state index in [0.29, 0.717) is 37.2 Å². The van der Waals surface area contributed by atoms with Crippen molar-refractivity contribution in [2.24, 2.45) is 4.99 Å². The minimum Gasteiger partial charge on any atom is -0.493 e. The second-order valence-corrected chi connectivity index (χ2v) is 5.71. The van der Waals surface area contributed by atoms with Gasteiger partial charge < -0.3 is 24.8 Å². The van der Waals surface area contributed by atoms with Crippen molar-refractivity contribution in [3.8, 4) is 17.2 Å². The second-order valence-electron chi connectivity index (χ2n) is 5.71. The van der Waals surface area contributed by atoms with Gasteiger partial charge in [-0.15, -0.1) is 24.0 Å². The van der Waals surface area contributed by atoms with E-state index >= 15 is 0 Å². The monoisotopic (exact) mass is 485 g/mol. The predicted molar refractivity (Wildman–Crippen MR) is 120 cm³/mol. The van der Waals surface area contributed by atoms with Crippen molar-refractivity contribution in [2.75, 3.05) is 34.4 Å². The molecule has 0 bridgehead atoms. The van der Waals surface area contributed by atoms with E-state index in [9.17, 15) is 0 Å². The lowest BCUT2D eigenvalue weighted by Crippen LogP contribution is -2.38. The number of methoxy groups -OCH3 is 2. The fourth-order valence-electron chi connectivity index (χ4n) is 2.44. The highest BCUT2D eigenvalue weighted by atomic mass is 127. The van der Waals surface area contributed by atoms with Crippen LogP contribution < -0.4 is 24.8 Å². The lowest BCUT2D eigenvalue weighted by Gasteiger charge is -2.14. The van der Waals surface area contributed by atoms with Gasteiger partial charge >= 0.3 is 0 Å². The zero-order valence-corrected chi connectivity index (χ0v) is 18.6. The molecule has 6 nitrogen and oxygen atoms in total. The average molecular weight is 485 g/mol. The van der Waals surface area contributed by atoms with Crippen LogP contribution >= 0.6 is 24.0 Å². The second kappa shape index (κ2) is 12.3. The van der Waals surface area contributed by atoms with Crippen LogP contribution in [-0.4, -0.2) is 40.4 Å². The maximum absolute atomic E-state index is 5.72. The van der Waals surface area contributed by atoms with Crippen molar-refractivity contribution < 1.29 is 14.2 Å². The highest BCUT2D eigenvalue weighted by Crippen LogP contribution is 2.27. The van der Waals surface area contributed by atoms with Gasteiger partial charge in [0.2, 0.25) is 0 Å². The van der Waals surface area contributed by atoms with Crippen LogP contribution in [0, 0.1) is 6.92 Å². The molecule has 0 spiro atoms. The van der Waals surface area contributed by atoms with E-state index in [4.69, 9.17) is 14.2 Å². The highest BCUT2D eigenvalue weighted by Gasteiger charge is 2.05. The molecule has 2 N–H and O–H groups in total. The molecule has 0 amide bonds. The van der Waals surface area contributed by atoms with Crippen LogP contribution in [0.3, 0.4) is 0 Å². The Kier molecular flexibility index (Phi) is 10.4. The Bertz CT molecular complexity index is 738. The Hall–Kier alpha value is -2.16. The van der Waals surface area contributed by atoms with Crippen LogP contribution in [0.4, 0.5) is 0 Å². The van der Waals surface area contributed by atoms with Crippen LogP contribution in [0.5, 0.6) is 17.2 Å². The summed E-state index contributed by atoms with van der Waals surface area (Å²) < 4.78 is 16.3. The summed E-state index contributed by atoms with van der Waals surface area (Å²) in [5, 5.41) is 6.50. The van der Waals surface area contributed by atoms with Crippen LogP contribution in [0.1, 0.15) is 11.1 Å². The van der Waals surface area contributed by atoms with E-state index in [2.05, 4.69) is 15.6 Å². The number of aliphatic imine (C=N–C) groups is 1. The number of aryl methyl sites for hydroxylation is 1. The molecule has 0 aliphatic rings. The Balaban J connectivity index is 0.00000364. The van der Waals surface area contributed by atoms with Gasteiger partial charge in [0.05, 0.1) is 20.8 Å². The molecule has 0 aliphatic heterocycles. The SMILES string of the molecule is CN=C(NCCOc1cccc(C)c1)NCc1ccc(OC)c(OC)c1.I. The van der Waals surface area contributed by atoms with E-state index in [-0.39, 0.29) is 24.0 Å². The van der Waals surface area contributed by atoms with Crippen LogP contribution in [0.2, 0.25) is 0 Å². The molecular formula is C20H28IN3O3. The molecule has 148 valence electrons. The third-order valence-electron chi connectivity index (χ3n) is 3.78. The summed E-state index contributed by atoms with van der Waals surface area (Å²) >= 11 is 0. The van der Waals surface area contributed by atoms with Gasteiger partial charge in [-0.05, 0) is 42.3 Å². The largest absolute Gasteiger partial charge is 0.493 e. The molecule has 0 saturated heterocycles. The number of hydrogen-bond acceptors (Lipinski definition) is 4. The minimum absolute atomic E-state index is 0. The molecule has 2 aromatic rings. The number of guanidine groups is 1. The number of nitrogens with zero attached hydrogens (tertiary/aromatic N) is 1. The molecular weight excluding hydrogens is 457 g/mol. The summed E-state index contributed by atoms with van der Waals surface area (Å²) in [6.07, 6.45) is 0. The van der Waals surface area contributed by atoms with Gasteiger partial charge in [0.25, 0.3) is 0 Å². The first-order chi connectivity index (χ1) is 12.7. The number of hydrogen-bond donors (Lipinski definition) is 2. The smallest absolute Gasteiger partial charge is 0.191 e. The molecule has 0 atom stereocenters. The summed E-state index contributed by atoms with van der Waals surface area (Å²) in [6.45, 7) is 3.88. The van der Waals surface area contributed by atoms with E-state index in [1.165, 1.54) is 5.56 Å². The van der Waals surface area contributed by atoms with E-state index in [1.54, 1.807) is 21.3 Å². The molecule has 0 aromatic heterocycles. The first kappa shape index (κ1) is 22.9. The Morgan fingerprint density at radius 3 is 2.44 bits per heavy atom. The quantitative estimate of drug-likeness (QED) is 0.260. The number of ether oxygens (including phenoxy) is 3. The Morgan fingerprint density at radius 2 is 1.78 bits per heavy atom. The summed E-state index contributed by atoms with van der Waals surface area (Å²) in [5.74, 6) is 3.01. The van der Waals surface area contributed by atoms with Crippen LogP contribution in [0.15, 0.2) is 47.5 Å². The van der Waals surface area contributed by atoms with Crippen LogP contribution in [0.25, 0.3) is 0 Å². The normalized spacial score (nSPS) is 10.6. The van der Waals surface area contributed by atoms with Gasteiger partial charge in [-0.3, -0.25) is 4.99 Å². The van der Waals surface area contributed by atoms with E-state index in [0.717, 1.165) is 11.3 Å². The molecule has 0 heterocycles. The minimum atomic E-state index is 0. The summed E-state index contributed by atoms with van der Waals surface area (Å²) in [7, 11) is 5.00. The molecule has 27 heavy (non-hydrogen) atoms. The number of rotatable bonds is 8. The first-order valence-electron chi connectivity index (χ1n) is 8.51. The van der Waals surface area contributed by atoms with Gasteiger partial charge in [-0.2, -0.15) is 0 Å². The third kappa shape index (κ3) is 7.54. The van der Waals surface area contributed by atoms with Crippen molar-refractivity contribution in [3.05, 3.63) is 53.6 Å². The lowest BCUT2D eigenvalue weighted by atomic mass is 10.2. The first-order valence-corrected chi connectivity index (χ1v) is 8.51. The maximum Gasteiger partial charge on any atom is 0.191 e. The molecule has 0 radical (unpaired) electrons. The maximum atomic E-state index is 5.72. The van der Waals surface area contributed by atoms with Crippen LogP contribution in [-0.2, 0) is 6.54 Å². The average Bonchev–Trinajstić information content (AvgIpc) is 2.67. The fraction of sp³-hybridized carbons (Fsp3) is 0.350. The number of benzene rings is 2. The van der Waals surface area contributed by atoms with Gasteiger partial charge in [-0.1, -0.05) is 18.2 Å². The third-order valence-corrected chi connectivity index (χ3v) is 3.78. The molecule has 2 rings (SSSR count). The molecule has 0 unspecified atom stereocenters. The van der Waals surface area contributed by atoms with Gasteiger partial charge in [0.15, 0.2) is 17.5 Å². The Morgan fingerprint density at radius 1 is 1.00 bits per heavy atom. The van der Waals surface area contributed by atoms with E-state index in [1.807, 2.05) is 49.4 Å². The van der Waals surface area contributed by atoms with Gasteiger partial charge in [-0.25, -0.2) is 0 Å². The van der Waals surface area contributed by atoms with Crippen molar-refractivity contribution in [1.82, 2.24) is 10.6 Å². The molecule has 0 saturated carbocycles. The van der Waals surface area contributed by atoms with Crippen molar-refractivity contribution in [3.63, 3.8) is 0 Å². The Labute approximate surface area is 178 Å². The topological polar surface area (TPSA) is 64.1 Å². The summed E-state index contributed by atoms with van der Waals surface area (Å²) in [4.78, 5) is 4.22. The lowest BCUT2D eigenvalue weighted by molar-refractivity contribution is 0.321. The summed E-state index contributed by atoms with van der Waals surface area (Å²) in [5.41, 5.74) is 2.25. The molecule has 7 heteroatoms. The molecule has 0 aliphatic carbocycles. The van der Waals surface area contributed by atoms with E-state index < -0.39 is 0 Å². The van der Waals surface area contributed by atoms with Gasteiger partial charge in [0, 0.05) is 13.6 Å². The standard InChI is InChI=1S/C20H27N3O3.HI/c1-15-6-5-7-17(12-15)26-11-10-22-20(21-2)23-14-16-8-9-18(24-3)19(13-16)25-4;/h5-9,12-13H,10-11,14H2,1-4H3,(H2,21,22,23);1H. The zero-order chi connectivity index (χ0) is 18.8. The van der Waals surface area contributed by atoms with Crippen molar-refractivity contribution >= 4 is 29.9 Å². The zero-order valence-electron chi connectivity index (χ0n) is 16.2. The highest BCUT2D eigenvalue weighted by molar-refractivity contribution is 14.0.